The van der Waals surface area contributed by atoms with Crippen LogP contribution in [0.4, 0.5) is 26.3 Å². The molecule has 0 bridgehead atoms. The zero-order chi connectivity index (χ0) is 14.8. The van der Waals surface area contributed by atoms with Gasteiger partial charge in [0, 0.05) is 15.3 Å². The number of pyridine rings is 1. The summed E-state index contributed by atoms with van der Waals surface area (Å²) in [5.74, 6) is -1.05. The average Bonchev–Trinajstić information content (AvgIpc) is 2.19. The van der Waals surface area contributed by atoms with E-state index in [0.29, 0.717) is 0 Å². The first-order chi connectivity index (χ1) is 8.56. The van der Waals surface area contributed by atoms with Gasteiger partial charge in [0.2, 0.25) is 5.88 Å². The van der Waals surface area contributed by atoms with E-state index in [0.717, 1.165) is 0 Å². The number of hydrogen-bond donors (Lipinski definition) is 0. The van der Waals surface area contributed by atoms with E-state index >= 15 is 0 Å². The molecule has 0 unspecified atom stereocenters. The lowest BCUT2D eigenvalue weighted by molar-refractivity contribution is -0.276. The number of nitriles is 1. The van der Waals surface area contributed by atoms with E-state index in [1.54, 1.807) is 0 Å². The van der Waals surface area contributed by atoms with Gasteiger partial charge in [-0.3, -0.25) is 0 Å². The highest BCUT2D eigenvalue weighted by Gasteiger charge is 2.38. The average molecular weight is 396 g/mol. The van der Waals surface area contributed by atoms with E-state index in [-0.39, 0.29) is 6.20 Å². The van der Waals surface area contributed by atoms with Gasteiger partial charge in [-0.25, -0.2) is 4.98 Å². The van der Waals surface area contributed by atoms with Crippen LogP contribution in [-0.2, 0) is 12.6 Å². The monoisotopic (exact) mass is 396 g/mol. The van der Waals surface area contributed by atoms with Gasteiger partial charge in [-0.15, -0.1) is 13.2 Å². The van der Waals surface area contributed by atoms with E-state index < -0.39 is 39.5 Å². The van der Waals surface area contributed by atoms with Gasteiger partial charge in [0.1, 0.15) is 0 Å². The van der Waals surface area contributed by atoms with Gasteiger partial charge in [0.25, 0.3) is 0 Å². The Hall–Kier alpha value is -1.25. The van der Waals surface area contributed by atoms with Crippen LogP contribution in [0.2, 0.25) is 0 Å². The van der Waals surface area contributed by atoms with Crippen molar-refractivity contribution in [3.8, 4) is 11.9 Å². The molecule has 104 valence electrons. The maximum absolute atomic E-state index is 12.5. The van der Waals surface area contributed by atoms with Crippen LogP contribution in [0.15, 0.2) is 6.20 Å². The molecule has 0 aromatic carbocycles. The van der Waals surface area contributed by atoms with E-state index in [4.69, 9.17) is 5.26 Å². The number of halogens is 7. The largest absolute Gasteiger partial charge is 0.574 e. The minimum Gasteiger partial charge on any atom is -0.388 e. The second-order valence-electron chi connectivity index (χ2n) is 3.15. The summed E-state index contributed by atoms with van der Waals surface area (Å²) in [6.45, 7) is 0. The first-order valence-electron chi connectivity index (χ1n) is 4.43. The van der Waals surface area contributed by atoms with Crippen molar-refractivity contribution in [3.05, 3.63) is 20.9 Å². The van der Waals surface area contributed by atoms with Crippen molar-refractivity contribution in [2.75, 3.05) is 0 Å². The standard InChI is InChI=1S/C9H3F6IN2O/c10-8(11,12)5-3-18-7(19-9(13,14)15)4(1-2-17)6(5)16/h3H,1H2. The molecular weight excluding hydrogens is 393 g/mol. The quantitative estimate of drug-likeness (QED) is 0.567. The Kier molecular flexibility index (Phi) is 4.49. The second kappa shape index (κ2) is 5.40. The zero-order valence-electron chi connectivity index (χ0n) is 8.73. The molecule has 0 spiro atoms. The van der Waals surface area contributed by atoms with Gasteiger partial charge in [-0.2, -0.15) is 18.4 Å². The number of ether oxygens (including phenoxy) is 1. The Balaban J connectivity index is 3.37. The predicted octanol–water partition coefficient (Wildman–Crippen LogP) is 3.67. The highest BCUT2D eigenvalue weighted by atomic mass is 127. The van der Waals surface area contributed by atoms with Crippen LogP contribution >= 0.6 is 22.6 Å². The highest BCUT2D eigenvalue weighted by Crippen LogP contribution is 2.37. The summed E-state index contributed by atoms with van der Waals surface area (Å²) < 4.78 is 76.8. The molecule has 1 aromatic rings. The molecule has 3 nitrogen and oxygen atoms in total. The Morgan fingerprint density at radius 1 is 1.26 bits per heavy atom. The Labute approximate surface area is 116 Å². The van der Waals surface area contributed by atoms with Gasteiger partial charge in [-0.05, 0) is 22.6 Å². The lowest BCUT2D eigenvalue weighted by atomic mass is 10.1. The van der Waals surface area contributed by atoms with Crippen LogP contribution in [0.25, 0.3) is 0 Å². The summed E-state index contributed by atoms with van der Waals surface area (Å²) in [7, 11) is 0. The third-order valence-electron chi connectivity index (χ3n) is 1.84. The molecule has 1 rings (SSSR count). The molecule has 0 amide bonds. The number of hydrogen-bond acceptors (Lipinski definition) is 3. The molecular formula is C9H3F6IN2O. The van der Waals surface area contributed by atoms with E-state index in [9.17, 15) is 26.3 Å². The minimum absolute atomic E-state index is 0.240. The molecule has 0 aliphatic carbocycles. The fourth-order valence-electron chi connectivity index (χ4n) is 1.14. The van der Waals surface area contributed by atoms with Crippen molar-refractivity contribution in [3.63, 3.8) is 0 Å². The van der Waals surface area contributed by atoms with Gasteiger partial charge in [0.15, 0.2) is 0 Å². The van der Waals surface area contributed by atoms with Crippen LogP contribution in [0.1, 0.15) is 11.1 Å². The van der Waals surface area contributed by atoms with Crippen molar-refractivity contribution < 1.29 is 31.1 Å². The van der Waals surface area contributed by atoms with Crippen LogP contribution in [-0.4, -0.2) is 11.3 Å². The minimum atomic E-state index is -5.10. The third kappa shape index (κ3) is 4.12. The smallest absolute Gasteiger partial charge is 0.388 e. The van der Waals surface area contributed by atoms with E-state index in [2.05, 4.69) is 9.72 Å². The molecule has 0 radical (unpaired) electrons. The lowest BCUT2D eigenvalue weighted by Crippen LogP contribution is -2.20. The van der Waals surface area contributed by atoms with Gasteiger partial charge >= 0.3 is 12.5 Å². The van der Waals surface area contributed by atoms with Gasteiger partial charge in [0.05, 0.1) is 18.1 Å². The SMILES string of the molecule is N#CCc1c(OC(F)(F)F)ncc(C(F)(F)F)c1I. The molecule has 0 saturated carbocycles. The Morgan fingerprint density at radius 2 is 1.84 bits per heavy atom. The van der Waals surface area contributed by atoms with Crippen molar-refractivity contribution in [2.24, 2.45) is 0 Å². The molecule has 0 atom stereocenters. The van der Waals surface area contributed by atoms with Crippen molar-refractivity contribution >= 4 is 22.6 Å². The maximum Gasteiger partial charge on any atom is 0.574 e. The molecule has 0 aliphatic heterocycles. The molecule has 19 heavy (non-hydrogen) atoms. The summed E-state index contributed by atoms with van der Waals surface area (Å²) in [6.07, 6.45) is -10.3. The maximum atomic E-state index is 12.5. The van der Waals surface area contributed by atoms with Crippen molar-refractivity contribution in [2.45, 2.75) is 19.0 Å². The van der Waals surface area contributed by atoms with Crippen molar-refractivity contribution in [1.29, 1.82) is 5.26 Å². The molecule has 0 fully saturated rings. The predicted molar refractivity (Wildman–Crippen MR) is 58.0 cm³/mol. The number of rotatable bonds is 2. The third-order valence-corrected chi connectivity index (χ3v) is 3.08. The first kappa shape index (κ1) is 15.8. The lowest BCUT2D eigenvalue weighted by Gasteiger charge is -2.15. The summed E-state index contributed by atoms with van der Waals surface area (Å²) in [4.78, 5) is 2.99. The molecule has 0 aliphatic rings. The fourth-order valence-corrected chi connectivity index (χ4v) is 2.01. The number of alkyl halides is 6. The summed E-state index contributed by atoms with van der Waals surface area (Å²) in [6, 6.07) is 1.47. The van der Waals surface area contributed by atoms with Crippen LogP contribution in [0, 0.1) is 14.9 Å². The van der Waals surface area contributed by atoms with E-state index in [1.807, 2.05) is 0 Å². The normalized spacial score (nSPS) is 12.1. The molecule has 0 N–H and O–H groups in total. The number of aromatic nitrogens is 1. The van der Waals surface area contributed by atoms with Crippen molar-refractivity contribution in [1.82, 2.24) is 4.98 Å². The number of nitrogens with zero attached hydrogens (tertiary/aromatic N) is 2. The topological polar surface area (TPSA) is 45.9 Å². The Bertz CT molecular complexity index is 519. The van der Waals surface area contributed by atoms with E-state index in [1.165, 1.54) is 28.7 Å². The second-order valence-corrected chi connectivity index (χ2v) is 4.23. The van der Waals surface area contributed by atoms with Crippen LogP contribution < -0.4 is 4.74 Å². The summed E-state index contributed by atoms with van der Waals surface area (Å²) in [5.41, 5.74) is -1.76. The molecule has 0 saturated heterocycles. The molecule has 10 heteroatoms. The summed E-state index contributed by atoms with van der Waals surface area (Å²) in [5, 5.41) is 8.46. The first-order valence-corrected chi connectivity index (χ1v) is 5.51. The zero-order valence-corrected chi connectivity index (χ0v) is 10.9. The Morgan fingerprint density at radius 3 is 2.26 bits per heavy atom. The summed E-state index contributed by atoms with van der Waals surface area (Å²) >= 11 is 1.21. The van der Waals surface area contributed by atoms with Crippen LogP contribution in [0.3, 0.4) is 0 Å². The molecule has 1 aromatic heterocycles. The highest BCUT2D eigenvalue weighted by molar-refractivity contribution is 14.1. The van der Waals surface area contributed by atoms with Crippen LogP contribution in [0.5, 0.6) is 5.88 Å². The van der Waals surface area contributed by atoms with Gasteiger partial charge < -0.3 is 4.74 Å². The molecule has 1 heterocycles. The fraction of sp³-hybridized carbons (Fsp3) is 0.333. The van der Waals surface area contributed by atoms with Gasteiger partial charge in [-0.1, -0.05) is 0 Å².